The fourth-order valence-corrected chi connectivity index (χ4v) is 4.55. The first-order chi connectivity index (χ1) is 13.7. The van der Waals surface area contributed by atoms with Crippen LogP contribution in [0.4, 0.5) is 0 Å². The number of carbonyl (C=O) groups excluding carboxylic acids is 1. The van der Waals surface area contributed by atoms with Gasteiger partial charge in [-0.2, -0.15) is 4.31 Å². The van der Waals surface area contributed by atoms with Crippen LogP contribution in [0, 0.1) is 0 Å². The van der Waals surface area contributed by atoms with Crippen molar-refractivity contribution in [2.75, 3.05) is 13.1 Å². The van der Waals surface area contributed by atoms with Gasteiger partial charge in [0.2, 0.25) is 10.0 Å². The Kier molecular flexibility index (Phi) is 8.34. The minimum absolute atomic E-state index is 0.227. The largest absolute Gasteiger partial charge is 0.479 e. The zero-order valence-electron chi connectivity index (χ0n) is 16.5. The van der Waals surface area contributed by atoms with Crippen LogP contribution in [0.15, 0.2) is 47.4 Å². The standard InChI is InChI=1S/C20H24Cl2N2O4S/c1-4-24(5-2)29(26,27)17-9-6-15(7-10-17)13-23-20(25)14(3)28-19-11-8-16(21)12-18(19)22/h6-12,14H,4-5,13H2,1-3H3,(H,23,25). The van der Waals surface area contributed by atoms with E-state index in [0.29, 0.717) is 28.9 Å². The number of nitrogens with one attached hydrogen (secondary N) is 1. The maximum Gasteiger partial charge on any atom is 0.261 e. The van der Waals surface area contributed by atoms with Gasteiger partial charge in [-0.15, -0.1) is 0 Å². The maximum absolute atomic E-state index is 12.5. The summed E-state index contributed by atoms with van der Waals surface area (Å²) in [6.07, 6.45) is -0.768. The third kappa shape index (κ3) is 6.09. The molecule has 0 aliphatic rings. The molecule has 1 unspecified atom stereocenters. The van der Waals surface area contributed by atoms with E-state index in [2.05, 4.69) is 5.32 Å². The molecule has 1 N–H and O–H groups in total. The van der Waals surface area contributed by atoms with Crippen LogP contribution in [0.1, 0.15) is 26.3 Å². The van der Waals surface area contributed by atoms with Gasteiger partial charge in [-0.05, 0) is 42.8 Å². The number of hydrogen-bond acceptors (Lipinski definition) is 4. The molecule has 2 rings (SSSR count). The van der Waals surface area contributed by atoms with E-state index in [-0.39, 0.29) is 17.3 Å². The van der Waals surface area contributed by atoms with E-state index >= 15 is 0 Å². The maximum atomic E-state index is 12.5. The monoisotopic (exact) mass is 458 g/mol. The van der Waals surface area contributed by atoms with E-state index < -0.39 is 16.1 Å². The lowest BCUT2D eigenvalue weighted by Crippen LogP contribution is -2.36. The molecule has 2 aromatic rings. The number of sulfonamides is 1. The first-order valence-electron chi connectivity index (χ1n) is 9.17. The van der Waals surface area contributed by atoms with Crippen molar-refractivity contribution in [1.82, 2.24) is 9.62 Å². The van der Waals surface area contributed by atoms with Crippen molar-refractivity contribution in [3.05, 3.63) is 58.1 Å². The lowest BCUT2D eigenvalue weighted by Gasteiger charge is -2.18. The predicted octanol–water partition coefficient (Wildman–Crippen LogP) is 4.11. The fraction of sp³-hybridized carbons (Fsp3) is 0.350. The van der Waals surface area contributed by atoms with Gasteiger partial charge < -0.3 is 10.1 Å². The zero-order chi connectivity index (χ0) is 21.6. The molecule has 0 spiro atoms. The first-order valence-corrected chi connectivity index (χ1v) is 11.4. The molecule has 0 aliphatic heterocycles. The van der Waals surface area contributed by atoms with Crippen molar-refractivity contribution < 1.29 is 17.9 Å². The van der Waals surface area contributed by atoms with E-state index in [9.17, 15) is 13.2 Å². The van der Waals surface area contributed by atoms with Crippen LogP contribution in [0.25, 0.3) is 0 Å². The van der Waals surface area contributed by atoms with Crippen LogP contribution >= 0.6 is 23.2 Å². The molecule has 9 heteroatoms. The minimum Gasteiger partial charge on any atom is -0.479 e. The number of amides is 1. The molecule has 0 radical (unpaired) electrons. The van der Waals surface area contributed by atoms with Crippen LogP contribution in [0.2, 0.25) is 10.0 Å². The highest BCUT2D eigenvalue weighted by atomic mass is 35.5. The zero-order valence-corrected chi connectivity index (χ0v) is 18.8. The average Bonchev–Trinajstić information content (AvgIpc) is 2.69. The molecule has 2 aromatic carbocycles. The number of hydrogen-bond donors (Lipinski definition) is 1. The summed E-state index contributed by atoms with van der Waals surface area (Å²) in [7, 11) is -3.50. The van der Waals surface area contributed by atoms with Gasteiger partial charge in [0.1, 0.15) is 5.75 Å². The Morgan fingerprint density at radius 1 is 1.10 bits per heavy atom. The molecular weight excluding hydrogens is 435 g/mol. The van der Waals surface area contributed by atoms with Gasteiger partial charge in [-0.1, -0.05) is 49.2 Å². The summed E-state index contributed by atoms with van der Waals surface area (Å²) in [6.45, 7) is 6.27. The Balaban J connectivity index is 1.96. The van der Waals surface area contributed by atoms with Gasteiger partial charge in [-0.3, -0.25) is 4.79 Å². The molecule has 0 saturated heterocycles. The van der Waals surface area contributed by atoms with Crippen LogP contribution < -0.4 is 10.1 Å². The topological polar surface area (TPSA) is 75.7 Å². The van der Waals surface area contributed by atoms with E-state index in [1.54, 1.807) is 57.2 Å². The van der Waals surface area contributed by atoms with Crippen LogP contribution in [0.3, 0.4) is 0 Å². The summed E-state index contributed by atoms with van der Waals surface area (Å²) in [5, 5.41) is 3.56. The predicted molar refractivity (Wildman–Crippen MR) is 115 cm³/mol. The second-order valence-corrected chi connectivity index (χ2v) is 9.07. The summed E-state index contributed by atoms with van der Waals surface area (Å²) in [5.74, 6) is 0.0422. The number of rotatable bonds is 9. The molecule has 6 nitrogen and oxygen atoms in total. The molecule has 0 aromatic heterocycles. The molecule has 1 atom stereocenters. The molecule has 0 aliphatic carbocycles. The Bertz CT molecular complexity index is 945. The van der Waals surface area contributed by atoms with Gasteiger partial charge in [0.05, 0.1) is 9.92 Å². The Hall–Kier alpha value is -1.80. The lowest BCUT2D eigenvalue weighted by atomic mass is 10.2. The Morgan fingerprint density at radius 2 is 1.72 bits per heavy atom. The van der Waals surface area contributed by atoms with E-state index in [1.165, 1.54) is 10.4 Å². The van der Waals surface area contributed by atoms with E-state index in [0.717, 1.165) is 5.56 Å². The third-order valence-corrected chi connectivity index (χ3v) is 6.89. The van der Waals surface area contributed by atoms with Gasteiger partial charge >= 0.3 is 0 Å². The van der Waals surface area contributed by atoms with Crippen molar-refractivity contribution in [1.29, 1.82) is 0 Å². The first kappa shape index (κ1) is 23.5. The number of carbonyl (C=O) groups is 1. The van der Waals surface area contributed by atoms with Crippen molar-refractivity contribution in [3.8, 4) is 5.75 Å². The third-order valence-electron chi connectivity index (χ3n) is 4.30. The average molecular weight is 459 g/mol. The molecule has 0 saturated carbocycles. The van der Waals surface area contributed by atoms with Crippen LogP contribution in [0.5, 0.6) is 5.75 Å². The van der Waals surface area contributed by atoms with Crippen LogP contribution in [-0.4, -0.2) is 37.8 Å². The molecule has 29 heavy (non-hydrogen) atoms. The number of benzene rings is 2. The SMILES string of the molecule is CCN(CC)S(=O)(=O)c1ccc(CNC(=O)C(C)Oc2ccc(Cl)cc2Cl)cc1. The van der Waals surface area contributed by atoms with Crippen molar-refractivity contribution >= 4 is 39.1 Å². The summed E-state index contributed by atoms with van der Waals surface area (Å²) in [6, 6.07) is 11.2. The second kappa shape index (κ2) is 10.3. The molecule has 158 valence electrons. The lowest BCUT2D eigenvalue weighted by molar-refractivity contribution is -0.127. The van der Waals surface area contributed by atoms with E-state index in [4.69, 9.17) is 27.9 Å². The Morgan fingerprint density at radius 3 is 2.28 bits per heavy atom. The summed E-state index contributed by atoms with van der Waals surface area (Å²) < 4.78 is 32.0. The Labute approximate surface area is 181 Å². The fourth-order valence-electron chi connectivity index (χ4n) is 2.64. The molecule has 0 fully saturated rings. The van der Waals surface area contributed by atoms with Crippen molar-refractivity contribution in [2.45, 2.75) is 38.3 Å². The highest BCUT2D eigenvalue weighted by Gasteiger charge is 2.21. The second-order valence-electron chi connectivity index (χ2n) is 6.29. The van der Waals surface area contributed by atoms with Gasteiger partial charge in [-0.25, -0.2) is 8.42 Å². The normalized spacial score (nSPS) is 12.6. The summed E-state index contributed by atoms with van der Waals surface area (Å²) in [4.78, 5) is 12.5. The number of halogens is 2. The minimum atomic E-state index is -3.50. The molecule has 0 heterocycles. The van der Waals surface area contributed by atoms with Crippen molar-refractivity contribution in [2.24, 2.45) is 0 Å². The molecule has 1 amide bonds. The highest BCUT2D eigenvalue weighted by Crippen LogP contribution is 2.28. The van der Waals surface area contributed by atoms with Crippen LogP contribution in [-0.2, 0) is 21.4 Å². The van der Waals surface area contributed by atoms with Gasteiger partial charge in [0.15, 0.2) is 6.10 Å². The number of ether oxygens (including phenoxy) is 1. The summed E-state index contributed by atoms with van der Waals surface area (Å²) in [5.41, 5.74) is 0.772. The highest BCUT2D eigenvalue weighted by molar-refractivity contribution is 7.89. The van der Waals surface area contributed by atoms with Gasteiger partial charge in [0.25, 0.3) is 5.91 Å². The number of nitrogens with zero attached hydrogens (tertiary/aromatic N) is 1. The summed E-state index contributed by atoms with van der Waals surface area (Å²) >= 11 is 11.9. The molecular formula is C20H24Cl2N2O4S. The van der Waals surface area contributed by atoms with E-state index in [1.807, 2.05) is 0 Å². The molecule has 0 bridgehead atoms. The smallest absolute Gasteiger partial charge is 0.261 e. The van der Waals surface area contributed by atoms with Crippen molar-refractivity contribution in [3.63, 3.8) is 0 Å². The van der Waals surface area contributed by atoms with Gasteiger partial charge in [0, 0.05) is 24.7 Å². The quantitative estimate of drug-likeness (QED) is 0.613.